The van der Waals surface area contributed by atoms with Crippen LogP contribution in [0, 0.1) is 5.92 Å². The molecule has 2 aromatic rings. The van der Waals surface area contributed by atoms with Gasteiger partial charge in [-0.2, -0.15) is 0 Å². The van der Waals surface area contributed by atoms with Crippen LogP contribution in [0.5, 0.6) is 11.5 Å². The number of ether oxygens (including phenoxy) is 1. The van der Waals surface area contributed by atoms with Gasteiger partial charge in [0.1, 0.15) is 11.5 Å². The quantitative estimate of drug-likeness (QED) is 0.683. The van der Waals surface area contributed by atoms with Crippen molar-refractivity contribution in [2.75, 3.05) is 31.6 Å². The molecule has 0 radical (unpaired) electrons. The average molecular weight is 392 g/mol. The van der Waals surface area contributed by atoms with Crippen LogP contribution in [0.15, 0.2) is 48.6 Å². The summed E-state index contributed by atoms with van der Waals surface area (Å²) in [5.41, 5.74) is 3.59. The zero-order chi connectivity index (χ0) is 20.0. The van der Waals surface area contributed by atoms with Crippen LogP contribution in [0.4, 0.5) is 5.69 Å². The predicted molar refractivity (Wildman–Crippen MR) is 109 cm³/mol. The molecule has 150 valence electrons. The topological polar surface area (TPSA) is 82.0 Å². The summed E-state index contributed by atoms with van der Waals surface area (Å²) in [5, 5.41) is 23.6. The number of anilines is 1. The Morgan fingerprint density at radius 3 is 2.69 bits per heavy atom. The minimum Gasteiger partial charge on any atom is -0.508 e. The van der Waals surface area contributed by atoms with Gasteiger partial charge in [0.2, 0.25) is 0 Å². The van der Waals surface area contributed by atoms with Gasteiger partial charge in [-0.3, -0.25) is 4.79 Å². The average Bonchev–Trinajstić information content (AvgIpc) is 3.23. The van der Waals surface area contributed by atoms with Gasteiger partial charge in [-0.15, -0.1) is 0 Å². The normalized spacial score (nSPS) is 25.2. The Labute approximate surface area is 169 Å². The van der Waals surface area contributed by atoms with Crippen molar-refractivity contribution >= 4 is 11.6 Å². The van der Waals surface area contributed by atoms with Crippen LogP contribution >= 0.6 is 0 Å². The lowest BCUT2D eigenvalue weighted by molar-refractivity contribution is 0.0303. The summed E-state index contributed by atoms with van der Waals surface area (Å²) in [4.78, 5) is 14.8. The molecule has 5 rings (SSSR count). The molecule has 0 aromatic heterocycles. The first kappa shape index (κ1) is 18.1. The van der Waals surface area contributed by atoms with Crippen LogP contribution in [-0.2, 0) is 4.74 Å². The first-order valence-corrected chi connectivity index (χ1v) is 10.1. The molecule has 0 bridgehead atoms. The van der Waals surface area contributed by atoms with E-state index in [1.807, 2.05) is 23.1 Å². The van der Waals surface area contributed by atoms with E-state index < -0.39 is 0 Å². The number of carbonyl (C=O) groups is 1. The van der Waals surface area contributed by atoms with Crippen LogP contribution < -0.4 is 5.32 Å². The lowest BCUT2D eigenvalue weighted by atomic mass is 9.76. The summed E-state index contributed by atoms with van der Waals surface area (Å²) in [7, 11) is 0. The Hall–Kier alpha value is -2.99. The second-order valence-electron chi connectivity index (χ2n) is 7.93. The van der Waals surface area contributed by atoms with Gasteiger partial charge in [0.15, 0.2) is 0 Å². The smallest absolute Gasteiger partial charge is 0.254 e. The Kier molecular flexibility index (Phi) is 4.43. The summed E-state index contributed by atoms with van der Waals surface area (Å²) in [6.45, 7) is 2.43. The van der Waals surface area contributed by atoms with Crippen molar-refractivity contribution in [2.24, 2.45) is 5.92 Å². The van der Waals surface area contributed by atoms with Crippen LogP contribution in [0.25, 0.3) is 0 Å². The summed E-state index contributed by atoms with van der Waals surface area (Å²) in [5.74, 6) is 0.618. The van der Waals surface area contributed by atoms with Gasteiger partial charge in [0, 0.05) is 41.9 Å². The fourth-order valence-corrected chi connectivity index (χ4v) is 4.78. The molecule has 1 amide bonds. The van der Waals surface area contributed by atoms with E-state index in [1.54, 1.807) is 12.1 Å². The van der Waals surface area contributed by atoms with Crippen LogP contribution in [0.2, 0.25) is 0 Å². The molecule has 3 atom stereocenters. The molecule has 1 saturated heterocycles. The van der Waals surface area contributed by atoms with E-state index in [4.69, 9.17) is 4.74 Å². The standard InChI is InChI=1S/C23H24N2O4/c26-15-5-6-18(21(27)13-15)22-17-3-1-2-16(17)19-12-14(4-7-20(19)24-22)23(28)25-8-10-29-11-9-25/h1-2,4-7,12-13,16-17,22,24,26-27H,3,8-11H2. The van der Waals surface area contributed by atoms with Crippen molar-refractivity contribution in [2.45, 2.75) is 18.4 Å². The molecule has 3 unspecified atom stereocenters. The highest BCUT2D eigenvalue weighted by Crippen LogP contribution is 2.51. The second-order valence-corrected chi connectivity index (χ2v) is 7.93. The van der Waals surface area contributed by atoms with Crippen molar-refractivity contribution in [3.8, 4) is 11.5 Å². The largest absolute Gasteiger partial charge is 0.508 e. The molecule has 3 N–H and O–H groups in total. The van der Waals surface area contributed by atoms with E-state index in [-0.39, 0.29) is 35.3 Å². The number of hydrogen-bond donors (Lipinski definition) is 3. The first-order chi connectivity index (χ1) is 14.1. The molecule has 0 saturated carbocycles. The molecule has 2 heterocycles. The van der Waals surface area contributed by atoms with Crippen molar-refractivity contribution < 1.29 is 19.7 Å². The molecule has 0 spiro atoms. The number of nitrogens with one attached hydrogen (secondary N) is 1. The Balaban J connectivity index is 1.48. The number of fused-ring (bicyclic) bond motifs is 3. The molecule has 29 heavy (non-hydrogen) atoms. The van der Waals surface area contributed by atoms with E-state index in [1.165, 1.54) is 6.07 Å². The number of carbonyl (C=O) groups excluding carboxylic acids is 1. The number of phenolic OH excluding ortho intramolecular Hbond substituents is 2. The summed E-state index contributed by atoms with van der Waals surface area (Å²) < 4.78 is 5.35. The number of hydrogen-bond acceptors (Lipinski definition) is 5. The first-order valence-electron chi connectivity index (χ1n) is 10.1. The fourth-order valence-electron chi connectivity index (χ4n) is 4.78. The monoisotopic (exact) mass is 392 g/mol. The van der Waals surface area contributed by atoms with Gasteiger partial charge in [-0.05, 0) is 48.2 Å². The summed E-state index contributed by atoms with van der Waals surface area (Å²) in [6, 6.07) is 10.6. The molecule has 2 aliphatic heterocycles. The molecule has 3 aliphatic rings. The fraction of sp³-hybridized carbons (Fsp3) is 0.348. The van der Waals surface area contributed by atoms with Crippen LogP contribution in [0.1, 0.15) is 39.9 Å². The second kappa shape index (κ2) is 7.12. The third-order valence-corrected chi connectivity index (χ3v) is 6.26. The lowest BCUT2D eigenvalue weighted by Crippen LogP contribution is -2.40. The third-order valence-electron chi connectivity index (χ3n) is 6.26. The van der Waals surface area contributed by atoms with Gasteiger partial charge in [-0.1, -0.05) is 12.2 Å². The number of amides is 1. The van der Waals surface area contributed by atoms with Gasteiger partial charge >= 0.3 is 0 Å². The maximum Gasteiger partial charge on any atom is 0.254 e. The maximum atomic E-state index is 12.9. The van der Waals surface area contributed by atoms with Crippen LogP contribution in [0.3, 0.4) is 0 Å². The van der Waals surface area contributed by atoms with Gasteiger partial charge < -0.3 is 25.2 Å². The number of benzene rings is 2. The summed E-state index contributed by atoms with van der Waals surface area (Å²) >= 11 is 0. The molecule has 1 fully saturated rings. The minimum absolute atomic E-state index is 0.0490. The number of rotatable bonds is 2. The highest BCUT2D eigenvalue weighted by atomic mass is 16.5. The number of aromatic hydroxyl groups is 2. The maximum absolute atomic E-state index is 12.9. The Morgan fingerprint density at radius 2 is 1.90 bits per heavy atom. The predicted octanol–water partition coefficient (Wildman–Crippen LogP) is 3.40. The van der Waals surface area contributed by atoms with E-state index >= 15 is 0 Å². The summed E-state index contributed by atoms with van der Waals surface area (Å²) in [6.07, 6.45) is 5.27. The van der Waals surface area contributed by atoms with Crippen molar-refractivity contribution in [1.82, 2.24) is 4.90 Å². The van der Waals surface area contributed by atoms with Gasteiger partial charge in [0.05, 0.1) is 19.3 Å². The molecule has 2 aromatic carbocycles. The number of allylic oxidation sites excluding steroid dienone is 2. The van der Waals surface area contributed by atoms with Gasteiger partial charge in [-0.25, -0.2) is 0 Å². The molecule has 1 aliphatic carbocycles. The number of phenols is 2. The van der Waals surface area contributed by atoms with E-state index in [0.717, 1.165) is 23.2 Å². The SMILES string of the molecule is O=C(c1ccc2c(c1)C1C=CCC1C(c1ccc(O)cc1O)N2)N1CCOCC1. The highest BCUT2D eigenvalue weighted by molar-refractivity contribution is 5.95. The third kappa shape index (κ3) is 3.13. The molecular weight excluding hydrogens is 368 g/mol. The zero-order valence-corrected chi connectivity index (χ0v) is 16.0. The van der Waals surface area contributed by atoms with Crippen molar-refractivity contribution in [3.05, 3.63) is 65.2 Å². The van der Waals surface area contributed by atoms with E-state index in [2.05, 4.69) is 17.5 Å². The highest BCUT2D eigenvalue weighted by Gasteiger charge is 2.39. The number of nitrogens with zero attached hydrogens (tertiary/aromatic N) is 1. The minimum atomic E-state index is -0.0658. The molecule has 6 nitrogen and oxygen atoms in total. The van der Waals surface area contributed by atoms with E-state index in [0.29, 0.717) is 31.9 Å². The molecular formula is C23H24N2O4. The van der Waals surface area contributed by atoms with Crippen molar-refractivity contribution in [3.63, 3.8) is 0 Å². The lowest BCUT2D eigenvalue weighted by Gasteiger charge is -2.38. The molecule has 6 heteroatoms. The van der Waals surface area contributed by atoms with Gasteiger partial charge in [0.25, 0.3) is 5.91 Å². The number of morpholine rings is 1. The Morgan fingerprint density at radius 1 is 1.07 bits per heavy atom. The van der Waals surface area contributed by atoms with Crippen molar-refractivity contribution in [1.29, 1.82) is 0 Å². The van der Waals surface area contributed by atoms with Crippen LogP contribution in [-0.4, -0.2) is 47.3 Å². The Bertz CT molecular complexity index is 981. The zero-order valence-electron chi connectivity index (χ0n) is 16.0. The van der Waals surface area contributed by atoms with E-state index in [9.17, 15) is 15.0 Å².